The molecule has 1 saturated heterocycles. The van der Waals surface area contributed by atoms with Gasteiger partial charge in [-0.05, 0) is 31.9 Å². The van der Waals surface area contributed by atoms with Gasteiger partial charge in [0.2, 0.25) is 5.91 Å². The average molecular weight is 306 g/mol. The summed E-state index contributed by atoms with van der Waals surface area (Å²) < 4.78 is 11.0. The number of nitrogens with zero attached hydrogens (tertiary/aromatic N) is 1. The number of carbonyl (C=O) groups is 1. The number of carbonyl (C=O) groups excluding carboxylic acids is 1. The molecule has 1 aromatic heterocycles. The molecule has 2 atom stereocenters. The second-order valence-corrected chi connectivity index (χ2v) is 6.55. The molecule has 1 amide bonds. The van der Waals surface area contributed by atoms with Crippen molar-refractivity contribution < 1.29 is 13.9 Å². The number of aryl methyl sites for hydroxylation is 1. The van der Waals surface area contributed by atoms with Gasteiger partial charge in [-0.3, -0.25) is 9.69 Å². The van der Waals surface area contributed by atoms with Crippen LogP contribution in [0.15, 0.2) is 16.5 Å². The summed E-state index contributed by atoms with van der Waals surface area (Å²) in [5.41, 5.74) is 0. The molecule has 0 aromatic carbocycles. The van der Waals surface area contributed by atoms with Crippen LogP contribution in [0.4, 0.5) is 0 Å². The molecule has 5 nitrogen and oxygen atoms in total. The highest BCUT2D eigenvalue weighted by atomic mass is 16.5. The minimum atomic E-state index is 0.135. The van der Waals surface area contributed by atoms with Gasteiger partial charge in [0.15, 0.2) is 0 Å². The number of ether oxygens (including phenoxy) is 1. The zero-order valence-electron chi connectivity index (χ0n) is 13.5. The molecule has 2 fully saturated rings. The van der Waals surface area contributed by atoms with Crippen molar-refractivity contribution in [1.29, 1.82) is 0 Å². The monoisotopic (exact) mass is 306 g/mol. The van der Waals surface area contributed by atoms with Gasteiger partial charge in [-0.25, -0.2) is 0 Å². The summed E-state index contributed by atoms with van der Waals surface area (Å²) in [7, 11) is 1.72. The topological polar surface area (TPSA) is 54.7 Å². The second-order valence-electron chi connectivity index (χ2n) is 6.55. The maximum Gasteiger partial charge on any atom is 0.223 e. The lowest BCUT2D eigenvalue weighted by Gasteiger charge is -2.27. The molecule has 122 valence electrons. The molecular formula is C17H26N2O3. The number of hydrogen-bond donors (Lipinski definition) is 1. The Hall–Kier alpha value is -1.33. The summed E-state index contributed by atoms with van der Waals surface area (Å²) in [6.45, 7) is 5.34. The maximum absolute atomic E-state index is 12.3. The third-order valence-corrected chi connectivity index (χ3v) is 4.94. The lowest BCUT2D eigenvalue weighted by Crippen LogP contribution is -2.44. The Bertz CT molecular complexity index is 510. The Morgan fingerprint density at radius 3 is 2.82 bits per heavy atom. The maximum atomic E-state index is 12.3. The molecule has 1 aromatic rings. The molecule has 5 heteroatoms. The predicted molar refractivity (Wildman–Crippen MR) is 83.8 cm³/mol. The molecule has 0 spiro atoms. The minimum Gasteiger partial charge on any atom is -0.466 e. The first-order valence-electron chi connectivity index (χ1n) is 8.25. The zero-order valence-corrected chi connectivity index (χ0v) is 13.5. The van der Waals surface area contributed by atoms with Gasteiger partial charge in [-0.1, -0.05) is 6.42 Å². The number of furan rings is 1. The minimum absolute atomic E-state index is 0.135. The molecule has 1 aliphatic heterocycles. The van der Waals surface area contributed by atoms with Crippen LogP contribution in [0.3, 0.4) is 0 Å². The quantitative estimate of drug-likeness (QED) is 0.872. The van der Waals surface area contributed by atoms with E-state index in [0.717, 1.165) is 44.0 Å². The van der Waals surface area contributed by atoms with Crippen molar-refractivity contribution >= 4 is 5.91 Å². The number of hydrogen-bond acceptors (Lipinski definition) is 4. The van der Waals surface area contributed by atoms with Crippen molar-refractivity contribution in [3.63, 3.8) is 0 Å². The summed E-state index contributed by atoms with van der Waals surface area (Å²) in [5, 5.41) is 3.26. The molecular weight excluding hydrogens is 280 g/mol. The first-order chi connectivity index (χ1) is 10.7. The molecule has 0 unspecified atom stereocenters. The molecule has 1 N–H and O–H groups in total. The fraction of sp³-hybridized carbons (Fsp3) is 0.706. The predicted octanol–water partition coefficient (Wildman–Crippen LogP) is 1.92. The normalized spacial score (nSPS) is 26.1. The largest absolute Gasteiger partial charge is 0.466 e. The zero-order chi connectivity index (χ0) is 15.5. The molecule has 2 aliphatic rings. The average Bonchev–Trinajstić information content (AvgIpc) is 3.00. The fourth-order valence-electron chi connectivity index (χ4n) is 3.35. The van der Waals surface area contributed by atoms with E-state index in [1.165, 1.54) is 6.42 Å². The van der Waals surface area contributed by atoms with Gasteiger partial charge in [0.25, 0.3) is 0 Å². The van der Waals surface area contributed by atoms with E-state index < -0.39 is 0 Å². The van der Waals surface area contributed by atoms with Crippen LogP contribution in [-0.2, 0) is 9.53 Å². The second kappa shape index (κ2) is 6.84. The van der Waals surface area contributed by atoms with Crippen molar-refractivity contribution in [2.24, 2.45) is 5.92 Å². The Labute approximate surface area is 132 Å². The van der Waals surface area contributed by atoms with Gasteiger partial charge >= 0.3 is 0 Å². The van der Waals surface area contributed by atoms with E-state index in [-0.39, 0.29) is 23.8 Å². The summed E-state index contributed by atoms with van der Waals surface area (Å²) in [6.07, 6.45) is 3.26. The third kappa shape index (κ3) is 3.36. The molecule has 2 heterocycles. The number of likely N-dealkylation sites (tertiary alicyclic amines) is 1. The van der Waals surface area contributed by atoms with Gasteiger partial charge < -0.3 is 14.5 Å². The van der Waals surface area contributed by atoms with Gasteiger partial charge in [0.1, 0.15) is 11.5 Å². The lowest BCUT2D eigenvalue weighted by atomic mass is 9.84. The van der Waals surface area contributed by atoms with Gasteiger partial charge in [-0.2, -0.15) is 0 Å². The van der Waals surface area contributed by atoms with E-state index in [9.17, 15) is 4.79 Å². The molecule has 0 bridgehead atoms. The van der Waals surface area contributed by atoms with E-state index in [2.05, 4.69) is 10.2 Å². The summed E-state index contributed by atoms with van der Waals surface area (Å²) in [4.78, 5) is 14.6. The Morgan fingerprint density at radius 2 is 2.23 bits per heavy atom. The van der Waals surface area contributed by atoms with Gasteiger partial charge in [0, 0.05) is 32.7 Å². The van der Waals surface area contributed by atoms with Gasteiger partial charge in [-0.15, -0.1) is 0 Å². The Kier molecular flexibility index (Phi) is 4.84. The third-order valence-electron chi connectivity index (χ3n) is 4.94. The van der Waals surface area contributed by atoms with E-state index in [1.54, 1.807) is 7.11 Å². The number of rotatable bonds is 6. The van der Waals surface area contributed by atoms with Crippen LogP contribution in [0.1, 0.15) is 36.7 Å². The number of amides is 1. The molecule has 0 radical (unpaired) electrons. The van der Waals surface area contributed by atoms with Crippen molar-refractivity contribution in [3.8, 4) is 0 Å². The number of nitrogens with one attached hydrogen (secondary N) is 1. The first-order valence-corrected chi connectivity index (χ1v) is 8.25. The fourth-order valence-corrected chi connectivity index (χ4v) is 3.35. The Morgan fingerprint density at radius 1 is 1.41 bits per heavy atom. The standard InChI is InChI=1S/C17H26N2O3/c1-12-6-7-16(22-12)14-10-19(8-9-21-2)11-15(14)18-17(20)13-4-3-5-13/h6-7,13-15H,3-5,8-11H2,1-2H3,(H,18,20)/t14-,15-/m0/s1. The lowest BCUT2D eigenvalue weighted by molar-refractivity contribution is -0.128. The molecule has 1 saturated carbocycles. The summed E-state index contributed by atoms with van der Waals surface area (Å²) >= 11 is 0. The van der Waals surface area contributed by atoms with Crippen molar-refractivity contribution in [2.45, 2.75) is 38.1 Å². The van der Waals surface area contributed by atoms with Crippen molar-refractivity contribution in [2.75, 3.05) is 33.4 Å². The molecule has 1 aliphatic carbocycles. The van der Waals surface area contributed by atoms with Crippen LogP contribution in [-0.4, -0.2) is 50.2 Å². The number of methoxy groups -OCH3 is 1. The SMILES string of the molecule is COCCN1C[C@H](NC(=O)C2CCC2)[C@@H](c2ccc(C)o2)C1. The molecule has 22 heavy (non-hydrogen) atoms. The van der Waals surface area contributed by atoms with E-state index >= 15 is 0 Å². The van der Waals surface area contributed by atoms with Crippen LogP contribution in [0.2, 0.25) is 0 Å². The Balaban J connectivity index is 1.67. The van der Waals surface area contributed by atoms with E-state index in [4.69, 9.17) is 9.15 Å². The van der Waals surface area contributed by atoms with Crippen LogP contribution < -0.4 is 5.32 Å². The van der Waals surface area contributed by atoms with Gasteiger partial charge in [0.05, 0.1) is 18.6 Å². The van der Waals surface area contributed by atoms with E-state index in [1.807, 2.05) is 19.1 Å². The highest BCUT2D eigenvalue weighted by Gasteiger charge is 2.38. The first kappa shape index (κ1) is 15.6. The van der Waals surface area contributed by atoms with Crippen LogP contribution in [0.5, 0.6) is 0 Å². The van der Waals surface area contributed by atoms with Crippen molar-refractivity contribution in [3.05, 3.63) is 23.7 Å². The molecule has 3 rings (SSSR count). The highest BCUT2D eigenvalue weighted by molar-refractivity contribution is 5.79. The van der Waals surface area contributed by atoms with Crippen LogP contribution >= 0.6 is 0 Å². The van der Waals surface area contributed by atoms with Crippen LogP contribution in [0.25, 0.3) is 0 Å². The highest BCUT2D eigenvalue weighted by Crippen LogP contribution is 2.31. The summed E-state index contributed by atoms with van der Waals surface area (Å²) in [5.74, 6) is 2.59. The van der Waals surface area contributed by atoms with Crippen molar-refractivity contribution in [1.82, 2.24) is 10.2 Å². The van der Waals surface area contributed by atoms with E-state index in [0.29, 0.717) is 6.61 Å². The summed E-state index contributed by atoms with van der Waals surface area (Å²) in [6, 6.07) is 4.18. The smallest absolute Gasteiger partial charge is 0.223 e. The van der Waals surface area contributed by atoms with Crippen LogP contribution in [0, 0.1) is 12.8 Å².